The molecule has 7 nitrogen and oxygen atoms in total. The molecule has 1 N–H and O–H groups in total. The van der Waals surface area contributed by atoms with Crippen LogP contribution in [0.4, 0.5) is 4.39 Å². The lowest BCUT2D eigenvalue weighted by Gasteiger charge is -2.34. The van der Waals surface area contributed by atoms with E-state index in [1.165, 1.54) is 13.0 Å². The van der Waals surface area contributed by atoms with Gasteiger partial charge in [0.2, 0.25) is 21.8 Å². The van der Waals surface area contributed by atoms with E-state index in [1.807, 2.05) is 0 Å². The number of sulfonamides is 1. The second-order valence-electron chi connectivity index (χ2n) is 6.19. The zero-order chi connectivity index (χ0) is 19.2. The summed E-state index contributed by atoms with van der Waals surface area (Å²) >= 11 is 0. The maximum atomic E-state index is 13.5. The SMILES string of the molecule is CC(=O)N1CCN(C(=O)CCNS(=O)(=O)CCc2ccccc2F)CC1. The quantitative estimate of drug-likeness (QED) is 0.735. The molecule has 0 aromatic heterocycles. The molecule has 1 aliphatic heterocycles. The van der Waals surface area contributed by atoms with Gasteiger partial charge in [-0.1, -0.05) is 18.2 Å². The Hall–Kier alpha value is -2.00. The van der Waals surface area contributed by atoms with Crippen LogP contribution < -0.4 is 4.72 Å². The van der Waals surface area contributed by atoms with Crippen molar-refractivity contribution in [3.05, 3.63) is 35.6 Å². The van der Waals surface area contributed by atoms with E-state index in [9.17, 15) is 22.4 Å². The zero-order valence-electron chi connectivity index (χ0n) is 14.8. The minimum absolute atomic E-state index is 0.00532. The van der Waals surface area contributed by atoms with E-state index in [4.69, 9.17) is 0 Å². The van der Waals surface area contributed by atoms with Crippen LogP contribution in [0.25, 0.3) is 0 Å². The molecule has 26 heavy (non-hydrogen) atoms. The standard InChI is InChI=1S/C17H24FN3O4S/c1-14(22)20-9-11-21(12-10-20)17(23)6-8-19-26(24,25)13-7-15-4-2-3-5-16(15)18/h2-5,19H,6-13H2,1H3. The molecule has 0 radical (unpaired) electrons. The zero-order valence-corrected chi connectivity index (χ0v) is 15.6. The Balaban J connectivity index is 1.72. The van der Waals surface area contributed by atoms with Crippen LogP contribution in [0.15, 0.2) is 24.3 Å². The number of amides is 2. The fourth-order valence-electron chi connectivity index (χ4n) is 2.76. The van der Waals surface area contributed by atoms with Crippen molar-refractivity contribution in [2.24, 2.45) is 0 Å². The molecule has 1 heterocycles. The number of hydrogen-bond acceptors (Lipinski definition) is 4. The summed E-state index contributed by atoms with van der Waals surface area (Å²) in [5.41, 5.74) is 0.345. The number of nitrogens with one attached hydrogen (secondary N) is 1. The molecular weight excluding hydrogens is 361 g/mol. The number of carbonyl (C=O) groups is 2. The summed E-state index contributed by atoms with van der Waals surface area (Å²) in [4.78, 5) is 26.7. The Morgan fingerprint density at radius 2 is 1.73 bits per heavy atom. The number of aryl methyl sites for hydroxylation is 1. The molecule has 1 aliphatic rings. The highest BCUT2D eigenvalue weighted by Crippen LogP contribution is 2.08. The van der Waals surface area contributed by atoms with Gasteiger partial charge in [-0.2, -0.15) is 0 Å². The molecule has 0 bridgehead atoms. The third-order valence-electron chi connectivity index (χ3n) is 4.34. The van der Waals surface area contributed by atoms with Gasteiger partial charge in [-0.05, 0) is 18.1 Å². The first-order chi connectivity index (χ1) is 12.3. The monoisotopic (exact) mass is 385 g/mol. The number of halogens is 1. The largest absolute Gasteiger partial charge is 0.339 e. The van der Waals surface area contributed by atoms with E-state index in [2.05, 4.69) is 4.72 Å². The predicted molar refractivity (Wildman–Crippen MR) is 95.3 cm³/mol. The fourth-order valence-corrected chi connectivity index (χ4v) is 3.81. The molecule has 2 amide bonds. The Bertz CT molecular complexity index is 746. The maximum absolute atomic E-state index is 13.5. The predicted octanol–water partition coefficient (Wildman–Crippen LogP) is 0.368. The lowest BCUT2D eigenvalue weighted by molar-refractivity contribution is -0.138. The number of piperazine rings is 1. The average molecular weight is 385 g/mol. The van der Waals surface area contributed by atoms with Crippen molar-refractivity contribution in [2.45, 2.75) is 19.8 Å². The third kappa shape index (κ3) is 6.06. The van der Waals surface area contributed by atoms with Gasteiger partial charge in [-0.15, -0.1) is 0 Å². The van der Waals surface area contributed by atoms with Gasteiger partial charge in [0.05, 0.1) is 5.75 Å². The molecule has 0 saturated carbocycles. The lowest BCUT2D eigenvalue weighted by atomic mass is 10.2. The molecule has 144 valence electrons. The number of hydrogen-bond donors (Lipinski definition) is 1. The van der Waals surface area contributed by atoms with E-state index in [1.54, 1.807) is 28.0 Å². The molecule has 0 spiro atoms. The third-order valence-corrected chi connectivity index (χ3v) is 5.72. The number of nitrogens with zero attached hydrogens (tertiary/aromatic N) is 2. The Labute approximate surface area is 153 Å². The molecule has 0 atom stereocenters. The maximum Gasteiger partial charge on any atom is 0.224 e. The summed E-state index contributed by atoms with van der Waals surface area (Å²) in [6, 6.07) is 6.05. The topological polar surface area (TPSA) is 86.8 Å². The number of benzene rings is 1. The van der Waals surface area contributed by atoms with Crippen molar-refractivity contribution in [3.63, 3.8) is 0 Å². The van der Waals surface area contributed by atoms with Crippen LogP contribution in [0.5, 0.6) is 0 Å². The van der Waals surface area contributed by atoms with E-state index >= 15 is 0 Å². The van der Waals surface area contributed by atoms with Crippen molar-refractivity contribution in [1.82, 2.24) is 14.5 Å². The van der Waals surface area contributed by atoms with Gasteiger partial charge < -0.3 is 9.80 Å². The molecule has 0 unspecified atom stereocenters. The van der Waals surface area contributed by atoms with Crippen molar-refractivity contribution < 1.29 is 22.4 Å². The molecule has 1 aromatic carbocycles. The highest BCUT2D eigenvalue weighted by atomic mass is 32.2. The van der Waals surface area contributed by atoms with Crippen LogP contribution >= 0.6 is 0 Å². The normalized spacial score (nSPS) is 15.2. The van der Waals surface area contributed by atoms with Gasteiger partial charge >= 0.3 is 0 Å². The highest BCUT2D eigenvalue weighted by molar-refractivity contribution is 7.89. The molecule has 1 saturated heterocycles. The molecular formula is C17H24FN3O4S. The van der Waals surface area contributed by atoms with Crippen LogP contribution in [0, 0.1) is 5.82 Å². The molecule has 0 aliphatic carbocycles. The summed E-state index contributed by atoms with van der Waals surface area (Å²) in [5.74, 6) is -0.827. The van der Waals surface area contributed by atoms with E-state index in [0.717, 1.165) is 0 Å². The molecule has 9 heteroatoms. The number of rotatable bonds is 7. The Morgan fingerprint density at radius 1 is 1.12 bits per heavy atom. The van der Waals surface area contributed by atoms with Gasteiger partial charge in [0, 0.05) is 46.1 Å². The van der Waals surface area contributed by atoms with Crippen molar-refractivity contribution in [1.29, 1.82) is 0 Å². The second kappa shape index (κ2) is 9.09. The minimum Gasteiger partial charge on any atom is -0.339 e. The summed E-state index contributed by atoms with van der Waals surface area (Å²) < 4.78 is 39.9. The molecule has 1 aromatic rings. The van der Waals surface area contributed by atoms with Crippen LogP contribution in [-0.4, -0.2) is 68.5 Å². The van der Waals surface area contributed by atoms with Crippen LogP contribution in [0.3, 0.4) is 0 Å². The minimum atomic E-state index is -3.58. The molecule has 2 rings (SSSR count). The van der Waals surface area contributed by atoms with Gasteiger partial charge in [0.1, 0.15) is 5.82 Å². The first-order valence-electron chi connectivity index (χ1n) is 8.52. The Kier molecular flexibility index (Phi) is 7.10. The summed E-state index contributed by atoms with van der Waals surface area (Å²) in [7, 11) is -3.58. The van der Waals surface area contributed by atoms with Crippen molar-refractivity contribution >= 4 is 21.8 Å². The lowest BCUT2D eigenvalue weighted by Crippen LogP contribution is -2.50. The van der Waals surface area contributed by atoms with Crippen LogP contribution in [0.1, 0.15) is 18.9 Å². The van der Waals surface area contributed by atoms with Crippen molar-refractivity contribution in [2.75, 3.05) is 38.5 Å². The van der Waals surface area contributed by atoms with E-state index < -0.39 is 15.8 Å². The van der Waals surface area contributed by atoms with Gasteiger partial charge in [0.15, 0.2) is 0 Å². The summed E-state index contributed by atoms with van der Waals surface area (Å²) in [6.07, 6.45) is 0.127. The fraction of sp³-hybridized carbons (Fsp3) is 0.529. The van der Waals surface area contributed by atoms with Gasteiger partial charge in [0.25, 0.3) is 0 Å². The van der Waals surface area contributed by atoms with E-state index in [0.29, 0.717) is 31.7 Å². The van der Waals surface area contributed by atoms with Crippen molar-refractivity contribution in [3.8, 4) is 0 Å². The van der Waals surface area contributed by atoms with Crippen LogP contribution in [0.2, 0.25) is 0 Å². The summed E-state index contributed by atoms with van der Waals surface area (Å²) in [5, 5.41) is 0. The second-order valence-corrected chi connectivity index (χ2v) is 8.12. The van der Waals surface area contributed by atoms with Gasteiger partial charge in [-0.3, -0.25) is 9.59 Å². The molecule has 1 fully saturated rings. The number of carbonyl (C=O) groups excluding carboxylic acids is 2. The summed E-state index contributed by atoms with van der Waals surface area (Å²) in [6.45, 7) is 3.40. The Morgan fingerprint density at radius 3 is 2.35 bits per heavy atom. The smallest absolute Gasteiger partial charge is 0.224 e. The van der Waals surface area contributed by atoms with Gasteiger partial charge in [-0.25, -0.2) is 17.5 Å². The average Bonchev–Trinajstić information content (AvgIpc) is 2.61. The van der Waals surface area contributed by atoms with E-state index in [-0.39, 0.29) is 37.0 Å². The highest BCUT2D eigenvalue weighted by Gasteiger charge is 2.22. The van der Waals surface area contributed by atoms with Crippen LogP contribution in [-0.2, 0) is 26.0 Å². The first-order valence-corrected chi connectivity index (χ1v) is 10.2. The first kappa shape index (κ1) is 20.3.